The van der Waals surface area contributed by atoms with Gasteiger partial charge in [0.25, 0.3) is 5.91 Å². The molecule has 0 radical (unpaired) electrons. The Morgan fingerprint density at radius 3 is 2.55 bits per heavy atom. The van der Waals surface area contributed by atoms with E-state index in [0.717, 1.165) is 23.7 Å². The van der Waals surface area contributed by atoms with Gasteiger partial charge in [-0.25, -0.2) is 0 Å². The first-order valence-electron chi connectivity index (χ1n) is 7.88. The van der Waals surface area contributed by atoms with Crippen LogP contribution in [0, 0.1) is 5.92 Å². The molecule has 108 valence electrons. The van der Waals surface area contributed by atoms with Crippen LogP contribution in [0.2, 0.25) is 0 Å². The van der Waals surface area contributed by atoms with E-state index >= 15 is 0 Å². The van der Waals surface area contributed by atoms with E-state index < -0.39 is 0 Å². The summed E-state index contributed by atoms with van der Waals surface area (Å²) < 4.78 is 0. The van der Waals surface area contributed by atoms with E-state index in [1.807, 2.05) is 31.3 Å². The van der Waals surface area contributed by atoms with Crippen molar-refractivity contribution in [2.45, 2.75) is 44.6 Å². The van der Waals surface area contributed by atoms with Crippen molar-refractivity contribution in [3.8, 4) is 0 Å². The zero-order valence-corrected chi connectivity index (χ0v) is 12.3. The van der Waals surface area contributed by atoms with Crippen LogP contribution in [0.1, 0.15) is 48.9 Å². The summed E-state index contributed by atoms with van der Waals surface area (Å²) in [6.45, 7) is 0.938. The van der Waals surface area contributed by atoms with Gasteiger partial charge in [-0.2, -0.15) is 0 Å². The highest BCUT2D eigenvalue weighted by Crippen LogP contribution is 2.35. The molecular formula is C17H24N2O. The minimum absolute atomic E-state index is 0.226. The molecule has 1 aromatic carbocycles. The third-order valence-electron chi connectivity index (χ3n) is 4.92. The van der Waals surface area contributed by atoms with Gasteiger partial charge in [0, 0.05) is 30.9 Å². The second kappa shape index (κ2) is 5.86. The number of likely N-dealkylation sites (tertiary alicyclic amines) is 1. The minimum atomic E-state index is 0.226. The molecule has 0 unspecified atom stereocenters. The van der Waals surface area contributed by atoms with Crippen LogP contribution >= 0.6 is 0 Å². The van der Waals surface area contributed by atoms with Gasteiger partial charge in [0.15, 0.2) is 0 Å². The van der Waals surface area contributed by atoms with Crippen molar-refractivity contribution in [2.24, 2.45) is 5.92 Å². The van der Waals surface area contributed by atoms with Gasteiger partial charge in [-0.3, -0.25) is 4.79 Å². The summed E-state index contributed by atoms with van der Waals surface area (Å²) in [6.07, 6.45) is 7.62. The van der Waals surface area contributed by atoms with E-state index in [2.05, 4.69) is 10.2 Å². The van der Waals surface area contributed by atoms with Gasteiger partial charge < -0.3 is 10.2 Å². The number of fused-ring (bicyclic) bond motifs is 1. The summed E-state index contributed by atoms with van der Waals surface area (Å²) in [7, 11) is 1.90. The second-order valence-corrected chi connectivity index (χ2v) is 6.08. The fourth-order valence-corrected chi connectivity index (χ4v) is 3.82. The predicted molar refractivity (Wildman–Crippen MR) is 82.0 cm³/mol. The van der Waals surface area contributed by atoms with Crippen LogP contribution in [0.4, 0.5) is 5.69 Å². The smallest absolute Gasteiger partial charge is 0.254 e. The topological polar surface area (TPSA) is 32.3 Å². The first-order valence-corrected chi connectivity index (χ1v) is 7.88. The van der Waals surface area contributed by atoms with Crippen molar-refractivity contribution in [3.05, 3.63) is 29.8 Å². The maximum Gasteiger partial charge on any atom is 0.254 e. The fraction of sp³-hybridized carbons (Fsp3) is 0.588. The first kappa shape index (κ1) is 13.5. The minimum Gasteiger partial charge on any atom is -0.388 e. The largest absolute Gasteiger partial charge is 0.388 e. The number of anilines is 1. The van der Waals surface area contributed by atoms with Crippen LogP contribution in [-0.2, 0) is 0 Å². The quantitative estimate of drug-likeness (QED) is 0.893. The molecule has 2 aliphatic rings. The number of carbonyl (C=O) groups excluding carboxylic acids is 1. The van der Waals surface area contributed by atoms with E-state index in [0.29, 0.717) is 6.04 Å². The molecule has 1 heterocycles. The number of carbonyl (C=O) groups is 1. The second-order valence-electron chi connectivity index (χ2n) is 6.08. The molecule has 0 aromatic heterocycles. The van der Waals surface area contributed by atoms with Crippen molar-refractivity contribution in [3.63, 3.8) is 0 Å². The zero-order valence-electron chi connectivity index (χ0n) is 12.3. The molecule has 3 heteroatoms. The summed E-state index contributed by atoms with van der Waals surface area (Å²) in [5.74, 6) is 0.974. The molecule has 1 saturated carbocycles. The maximum atomic E-state index is 12.8. The molecule has 0 bridgehead atoms. The maximum absolute atomic E-state index is 12.8. The first-order chi connectivity index (χ1) is 9.79. The molecule has 1 saturated heterocycles. The Bertz CT molecular complexity index is 466. The lowest BCUT2D eigenvalue weighted by Gasteiger charge is -2.44. The molecule has 20 heavy (non-hydrogen) atoms. The standard InChI is InChI=1S/C17H24N2O/c1-18-15-10-8-14(9-11-15)17(20)19-12-4-6-13-5-2-3-7-16(13)19/h8-11,13,16,18H,2-7,12H2,1H3/t13-,16-/m1/s1. The van der Waals surface area contributed by atoms with Crippen LogP contribution in [0.15, 0.2) is 24.3 Å². The van der Waals surface area contributed by atoms with Gasteiger partial charge >= 0.3 is 0 Å². The number of benzene rings is 1. The van der Waals surface area contributed by atoms with Gasteiger partial charge in [0.05, 0.1) is 0 Å². The monoisotopic (exact) mass is 272 g/mol. The molecule has 2 atom stereocenters. The van der Waals surface area contributed by atoms with Crippen molar-refractivity contribution in [1.82, 2.24) is 4.90 Å². The van der Waals surface area contributed by atoms with E-state index in [9.17, 15) is 4.79 Å². The number of amides is 1. The van der Waals surface area contributed by atoms with Crippen LogP contribution in [0.25, 0.3) is 0 Å². The van der Waals surface area contributed by atoms with Crippen LogP contribution in [-0.4, -0.2) is 30.4 Å². The van der Waals surface area contributed by atoms with Gasteiger partial charge in [0.2, 0.25) is 0 Å². The van der Waals surface area contributed by atoms with Gasteiger partial charge in [-0.1, -0.05) is 12.8 Å². The molecule has 1 aliphatic carbocycles. The van der Waals surface area contributed by atoms with Crippen LogP contribution < -0.4 is 5.32 Å². The van der Waals surface area contributed by atoms with E-state index in [1.165, 1.54) is 38.5 Å². The third kappa shape index (κ3) is 2.54. The number of nitrogens with one attached hydrogen (secondary N) is 1. The lowest BCUT2D eigenvalue weighted by atomic mass is 9.78. The van der Waals surface area contributed by atoms with Gasteiger partial charge in [-0.15, -0.1) is 0 Å². The summed E-state index contributed by atoms with van der Waals surface area (Å²) in [5.41, 5.74) is 1.88. The van der Waals surface area contributed by atoms with Crippen molar-refractivity contribution < 1.29 is 4.79 Å². The molecular weight excluding hydrogens is 248 g/mol. The summed E-state index contributed by atoms with van der Waals surface area (Å²) in [6, 6.07) is 8.35. The number of hydrogen-bond acceptors (Lipinski definition) is 2. The summed E-state index contributed by atoms with van der Waals surface area (Å²) >= 11 is 0. The van der Waals surface area contributed by atoms with Gasteiger partial charge in [-0.05, 0) is 55.9 Å². The Labute approximate surface area is 121 Å². The molecule has 3 nitrogen and oxygen atoms in total. The number of hydrogen-bond donors (Lipinski definition) is 1. The lowest BCUT2D eigenvalue weighted by Crippen LogP contribution is -2.49. The molecule has 0 spiro atoms. The lowest BCUT2D eigenvalue weighted by molar-refractivity contribution is 0.0391. The van der Waals surface area contributed by atoms with Gasteiger partial charge in [0.1, 0.15) is 0 Å². The highest BCUT2D eigenvalue weighted by Gasteiger charge is 2.35. The van der Waals surface area contributed by atoms with Crippen LogP contribution in [0.5, 0.6) is 0 Å². The van der Waals surface area contributed by atoms with Crippen LogP contribution in [0.3, 0.4) is 0 Å². The molecule has 1 aliphatic heterocycles. The number of rotatable bonds is 2. The van der Waals surface area contributed by atoms with Crippen molar-refractivity contribution >= 4 is 11.6 Å². The Kier molecular flexibility index (Phi) is 3.95. The average molecular weight is 272 g/mol. The highest BCUT2D eigenvalue weighted by atomic mass is 16.2. The van der Waals surface area contributed by atoms with E-state index in [1.54, 1.807) is 0 Å². The normalized spacial score (nSPS) is 25.9. The molecule has 1 aromatic rings. The number of piperidine rings is 1. The molecule has 3 rings (SSSR count). The fourth-order valence-electron chi connectivity index (χ4n) is 3.82. The van der Waals surface area contributed by atoms with E-state index in [4.69, 9.17) is 0 Å². The number of nitrogens with zero attached hydrogens (tertiary/aromatic N) is 1. The van der Waals surface area contributed by atoms with Crippen molar-refractivity contribution in [1.29, 1.82) is 0 Å². The molecule has 1 amide bonds. The molecule has 2 fully saturated rings. The van der Waals surface area contributed by atoms with E-state index in [-0.39, 0.29) is 5.91 Å². The van der Waals surface area contributed by atoms with Crippen molar-refractivity contribution in [2.75, 3.05) is 18.9 Å². The average Bonchev–Trinajstić information content (AvgIpc) is 2.54. The highest BCUT2D eigenvalue weighted by molar-refractivity contribution is 5.94. The Hall–Kier alpha value is -1.51. The Morgan fingerprint density at radius 2 is 1.80 bits per heavy atom. The summed E-state index contributed by atoms with van der Waals surface area (Å²) in [4.78, 5) is 14.9. The Balaban J connectivity index is 1.77. The molecule has 1 N–H and O–H groups in total. The third-order valence-corrected chi connectivity index (χ3v) is 4.92. The summed E-state index contributed by atoms with van der Waals surface area (Å²) in [5, 5.41) is 3.09. The SMILES string of the molecule is CNc1ccc(C(=O)N2CCC[C@H]3CCCC[C@H]32)cc1. The zero-order chi connectivity index (χ0) is 13.9. The Morgan fingerprint density at radius 1 is 1.10 bits per heavy atom. The predicted octanol–water partition coefficient (Wildman–Crippen LogP) is 3.52.